The third kappa shape index (κ3) is 3.27. The molecule has 1 saturated heterocycles. The number of hydrogen-bond donors (Lipinski definition) is 2. The molecule has 3 heteroatoms. The lowest BCUT2D eigenvalue weighted by Crippen LogP contribution is -2.33. The van der Waals surface area contributed by atoms with Crippen LogP contribution >= 0.6 is 0 Å². The van der Waals surface area contributed by atoms with Crippen LogP contribution in [0.15, 0.2) is 12.1 Å². The quantitative estimate of drug-likeness (QED) is 0.838. The van der Waals surface area contributed by atoms with E-state index in [4.69, 9.17) is 0 Å². The zero-order valence-electron chi connectivity index (χ0n) is 10.6. The van der Waals surface area contributed by atoms with Gasteiger partial charge < -0.3 is 10.6 Å². The molecule has 0 radical (unpaired) electrons. The van der Waals surface area contributed by atoms with Gasteiger partial charge >= 0.3 is 0 Å². The van der Waals surface area contributed by atoms with Crippen LogP contribution in [-0.2, 0) is 6.54 Å². The number of halogens is 1. The second kappa shape index (κ2) is 5.61. The van der Waals surface area contributed by atoms with Gasteiger partial charge in [-0.3, -0.25) is 0 Å². The molecule has 1 aromatic rings. The first kappa shape index (κ1) is 12.5. The third-order valence-electron chi connectivity index (χ3n) is 3.38. The lowest BCUT2D eigenvalue weighted by Gasteiger charge is -2.12. The molecule has 0 saturated carbocycles. The van der Waals surface area contributed by atoms with Crippen molar-refractivity contribution in [1.82, 2.24) is 10.6 Å². The molecule has 1 aliphatic rings. The summed E-state index contributed by atoms with van der Waals surface area (Å²) in [6, 6.07) is 4.46. The van der Waals surface area contributed by atoms with Crippen LogP contribution in [0.4, 0.5) is 4.39 Å². The average molecular weight is 236 g/mol. The van der Waals surface area contributed by atoms with E-state index in [1.165, 1.54) is 18.4 Å². The normalized spacial score (nSPS) is 19.8. The summed E-state index contributed by atoms with van der Waals surface area (Å²) >= 11 is 0. The van der Waals surface area contributed by atoms with Gasteiger partial charge in [-0.05, 0) is 49.9 Å². The van der Waals surface area contributed by atoms with E-state index >= 15 is 0 Å². The van der Waals surface area contributed by atoms with Gasteiger partial charge in [0.2, 0.25) is 0 Å². The van der Waals surface area contributed by atoms with E-state index in [2.05, 4.69) is 10.6 Å². The second-order valence-corrected chi connectivity index (χ2v) is 4.97. The van der Waals surface area contributed by atoms with Crippen molar-refractivity contribution in [2.45, 2.75) is 39.3 Å². The molecule has 0 amide bonds. The first-order chi connectivity index (χ1) is 8.16. The van der Waals surface area contributed by atoms with Crippen LogP contribution in [0, 0.1) is 19.7 Å². The number of nitrogens with one attached hydrogen (secondary N) is 2. The summed E-state index contributed by atoms with van der Waals surface area (Å²) in [4.78, 5) is 0. The Kier molecular flexibility index (Phi) is 4.13. The Labute approximate surface area is 103 Å². The molecule has 0 aromatic heterocycles. The van der Waals surface area contributed by atoms with Crippen LogP contribution in [0.2, 0.25) is 0 Å². The molecule has 94 valence electrons. The van der Waals surface area contributed by atoms with Crippen LogP contribution in [0.5, 0.6) is 0 Å². The Morgan fingerprint density at radius 3 is 2.65 bits per heavy atom. The molecule has 17 heavy (non-hydrogen) atoms. The van der Waals surface area contributed by atoms with E-state index in [1.54, 1.807) is 0 Å². The molecule has 1 atom stereocenters. The molecule has 1 fully saturated rings. The van der Waals surface area contributed by atoms with Crippen molar-refractivity contribution >= 4 is 0 Å². The van der Waals surface area contributed by atoms with E-state index in [-0.39, 0.29) is 5.82 Å². The van der Waals surface area contributed by atoms with Gasteiger partial charge in [0.1, 0.15) is 5.82 Å². The lowest BCUT2D eigenvalue weighted by atomic mass is 10.1. The molecule has 2 N–H and O–H groups in total. The molecule has 1 aromatic carbocycles. The van der Waals surface area contributed by atoms with E-state index in [9.17, 15) is 4.39 Å². The lowest BCUT2D eigenvalue weighted by molar-refractivity contribution is 0.535. The molecule has 1 unspecified atom stereocenters. The maximum absolute atomic E-state index is 13.4. The van der Waals surface area contributed by atoms with Gasteiger partial charge in [0, 0.05) is 19.1 Å². The predicted molar refractivity (Wildman–Crippen MR) is 68.6 cm³/mol. The monoisotopic (exact) mass is 236 g/mol. The van der Waals surface area contributed by atoms with E-state index < -0.39 is 0 Å². The van der Waals surface area contributed by atoms with Gasteiger partial charge in [-0.1, -0.05) is 12.1 Å². The molecule has 0 aliphatic carbocycles. The Morgan fingerprint density at radius 2 is 2.06 bits per heavy atom. The average Bonchev–Trinajstić information content (AvgIpc) is 2.79. The summed E-state index contributed by atoms with van der Waals surface area (Å²) in [5.74, 6) is -0.0776. The van der Waals surface area contributed by atoms with Gasteiger partial charge in [-0.2, -0.15) is 0 Å². The van der Waals surface area contributed by atoms with Gasteiger partial charge in [0.15, 0.2) is 0 Å². The minimum Gasteiger partial charge on any atom is -0.313 e. The zero-order valence-corrected chi connectivity index (χ0v) is 10.6. The zero-order chi connectivity index (χ0) is 12.3. The molecule has 2 rings (SSSR count). The molecular formula is C14H21FN2. The van der Waals surface area contributed by atoms with Crippen LogP contribution in [0.1, 0.15) is 29.5 Å². The molecule has 0 spiro atoms. The first-order valence-corrected chi connectivity index (χ1v) is 6.36. The van der Waals surface area contributed by atoms with E-state index in [1.807, 2.05) is 26.0 Å². The van der Waals surface area contributed by atoms with E-state index in [0.29, 0.717) is 6.04 Å². The summed E-state index contributed by atoms with van der Waals surface area (Å²) in [6.45, 7) is 6.60. The predicted octanol–water partition coefficient (Wildman–Crippen LogP) is 2.28. The third-order valence-corrected chi connectivity index (χ3v) is 3.38. The summed E-state index contributed by atoms with van der Waals surface area (Å²) < 4.78 is 13.4. The summed E-state index contributed by atoms with van der Waals surface area (Å²) in [7, 11) is 0. The highest BCUT2D eigenvalue weighted by Gasteiger charge is 2.13. The minimum absolute atomic E-state index is 0.0776. The molecule has 0 bridgehead atoms. The van der Waals surface area contributed by atoms with Crippen molar-refractivity contribution in [3.8, 4) is 0 Å². The fourth-order valence-electron chi connectivity index (χ4n) is 2.46. The number of aryl methyl sites for hydroxylation is 2. The fourth-order valence-corrected chi connectivity index (χ4v) is 2.46. The van der Waals surface area contributed by atoms with Crippen molar-refractivity contribution < 1.29 is 4.39 Å². The van der Waals surface area contributed by atoms with E-state index in [0.717, 1.165) is 30.8 Å². The van der Waals surface area contributed by atoms with Crippen molar-refractivity contribution in [2.24, 2.45) is 0 Å². The highest BCUT2D eigenvalue weighted by atomic mass is 19.1. The summed E-state index contributed by atoms with van der Waals surface area (Å²) in [5, 5.41) is 6.88. The minimum atomic E-state index is -0.0776. The molecule has 1 aliphatic heterocycles. The fraction of sp³-hybridized carbons (Fsp3) is 0.571. The topological polar surface area (TPSA) is 24.1 Å². The standard InChI is InChI=1S/C14H21FN2/c1-10-6-12(7-11(2)14(10)15)8-16-9-13-4-3-5-17-13/h6-7,13,16-17H,3-5,8-9H2,1-2H3. The molecule has 2 nitrogen and oxygen atoms in total. The highest BCUT2D eigenvalue weighted by Crippen LogP contribution is 2.14. The van der Waals surface area contributed by atoms with Gasteiger partial charge in [-0.25, -0.2) is 4.39 Å². The van der Waals surface area contributed by atoms with Crippen molar-refractivity contribution in [1.29, 1.82) is 0 Å². The van der Waals surface area contributed by atoms with Crippen molar-refractivity contribution in [3.05, 3.63) is 34.6 Å². The first-order valence-electron chi connectivity index (χ1n) is 6.36. The smallest absolute Gasteiger partial charge is 0.129 e. The van der Waals surface area contributed by atoms with Crippen molar-refractivity contribution in [2.75, 3.05) is 13.1 Å². The maximum atomic E-state index is 13.4. The Balaban J connectivity index is 1.86. The maximum Gasteiger partial charge on any atom is 0.129 e. The van der Waals surface area contributed by atoms with Gasteiger partial charge in [0.05, 0.1) is 0 Å². The Bertz CT molecular complexity index is 361. The molecular weight excluding hydrogens is 215 g/mol. The SMILES string of the molecule is Cc1cc(CNCC2CCCN2)cc(C)c1F. The summed E-state index contributed by atoms with van der Waals surface area (Å²) in [5.41, 5.74) is 2.64. The van der Waals surface area contributed by atoms with Gasteiger partial charge in [-0.15, -0.1) is 0 Å². The Hall–Kier alpha value is -0.930. The van der Waals surface area contributed by atoms with Crippen LogP contribution in [0.3, 0.4) is 0 Å². The van der Waals surface area contributed by atoms with Gasteiger partial charge in [0.25, 0.3) is 0 Å². The van der Waals surface area contributed by atoms with Crippen LogP contribution in [-0.4, -0.2) is 19.1 Å². The highest BCUT2D eigenvalue weighted by molar-refractivity contribution is 5.30. The number of benzene rings is 1. The largest absolute Gasteiger partial charge is 0.313 e. The number of rotatable bonds is 4. The summed E-state index contributed by atoms with van der Waals surface area (Å²) in [6.07, 6.45) is 2.54. The molecule has 1 heterocycles. The van der Waals surface area contributed by atoms with Crippen LogP contribution < -0.4 is 10.6 Å². The number of hydrogen-bond acceptors (Lipinski definition) is 2. The van der Waals surface area contributed by atoms with Crippen molar-refractivity contribution in [3.63, 3.8) is 0 Å². The van der Waals surface area contributed by atoms with Crippen LogP contribution in [0.25, 0.3) is 0 Å². The second-order valence-electron chi connectivity index (χ2n) is 4.97. The Morgan fingerprint density at radius 1 is 1.35 bits per heavy atom.